The molecule has 1 atom stereocenters. The van der Waals surface area contributed by atoms with E-state index in [0.717, 1.165) is 16.6 Å². The first-order valence-corrected chi connectivity index (χ1v) is 6.14. The predicted molar refractivity (Wildman–Crippen MR) is 70.1 cm³/mol. The zero-order valence-electron chi connectivity index (χ0n) is 9.73. The Kier molecular flexibility index (Phi) is 3.16. The maximum atomic E-state index is 5.65. The lowest BCUT2D eigenvalue weighted by molar-refractivity contribution is 0.272. The summed E-state index contributed by atoms with van der Waals surface area (Å²) in [6.45, 7) is 3.88. The molecule has 17 heavy (non-hydrogen) atoms. The van der Waals surface area contributed by atoms with E-state index in [4.69, 9.17) is 16.9 Å². The molecule has 0 bridgehead atoms. The summed E-state index contributed by atoms with van der Waals surface area (Å²) in [6.07, 6.45) is 5.90. The van der Waals surface area contributed by atoms with Gasteiger partial charge in [-0.15, -0.1) is 17.8 Å². The van der Waals surface area contributed by atoms with Crippen LogP contribution in [0.1, 0.15) is 18.7 Å². The van der Waals surface area contributed by atoms with E-state index in [-0.39, 0.29) is 12.1 Å². The minimum absolute atomic E-state index is 0.209. The van der Waals surface area contributed by atoms with E-state index >= 15 is 0 Å². The summed E-state index contributed by atoms with van der Waals surface area (Å²) >= 11 is 1.60. The van der Waals surface area contributed by atoms with Gasteiger partial charge in [-0.05, 0) is 19.4 Å². The minimum atomic E-state index is -0.336. The van der Waals surface area contributed by atoms with Crippen LogP contribution in [0.15, 0.2) is 6.07 Å². The number of ether oxygens (including phenoxy) is 1. The molecule has 0 aliphatic heterocycles. The molecule has 0 saturated carbocycles. The van der Waals surface area contributed by atoms with Gasteiger partial charge in [-0.25, -0.2) is 4.98 Å². The number of aromatic nitrogens is 2. The van der Waals surface area contributed by atoms with Gasteiger partial charge in [0.1, 0.15) is 4.83 Å². The van der Waals surface area contributed by atoms with Crippen LogP contribution in [0.25, 0.3) is 10.2 Å². The third-order valence-electron chi connectivity index (χ3n) is 2.30. The Balaban J connectivity index is 2.53. The third-order valence-corrected chi connectivity index (χ3v) is 3.47. The second kappa shape index (κ2) is 4.60. The molecule has 0 amide bonds. The van der Waals surface area contributed by atoms with Gasteiger partial charge in [0.25, 0.3) is 0 Å². The molecule has 0 aromatic carbocycles. The number of fused-ring (bicyclic) bond motifs is 1. The summed E-state index contributed by atoms with van der Waals surface area (Å²) in [5, 5.41) is 0.878. The van der Waals surface area contributed by atoms with Crippen LogP contribution in [0, 0.1) is 12.3 Å². The Morgan fingerprint density at radius 2 is 2.35 bits per heavy atom. The first kappa shape index (κ1) is 11.7. The normalized spacial score (nSPS) is 12.3. The zero-order valence-corrected chi connectivity index (χ0v) is 10.5. The molecule has 2 heterocycles. The smallest absolute Gasteiger partial charge is 0.228 e. The molecule has 4 nitrogen and oxygen atoms in total. The van der Waals surface area contributed by atoms with Gasteiger partial charge in [-0.2, -0.15) is 4.98 Å². The number of nitrogen functional groups attached to an aromatic ring is 1. The SMILES string of the molecule is C#CC(C)Oc1nc(N)nc2sc(CC)cc12. The highest BCUT2D eigenvalue weighted by Crippen LogP contribution is 2.31. The van der Waals surface area contributed by atoms with E-state index in [9.17, 15) is 0 Å². The highest BCUT2D eigenvalue weighted by atomic mass is 32.1. The second-order valence-electron chi connectivity index (χ2n) is 3.60. The fourth-order valence-corrected chi connectivity index (χ4v) is 2.39. The summed E-state index contributed by atoms with van der Waals surface area (Å²) in [6, 6.07) is 2.03. The van der Waals surface area contributed by atoms with Crippen LogP contribution < -0.4 is 10.5 Å². The molecule has 2 aromatic heterocycles. The van der Waals surface area contributed by atoms with Crippen LogP contribution in [-0.4, -0.2) is 16.1 Å². The van der Waals surface area contributed by atoms with Gasteiger partial charge >= 0.3 is 0 Å². The van der Waals surface area contributed by atoms with Gasteiger partial charge in [-0.1, -0.05) is 12.8 Å². The van der Waals surface area contributed by atoms with Crippen molar-refractivity contribution in [2.75, 3.05) is 5.73 Å². The number of aryl methyl sites for hydroxylation is 1. The highest BCUT2D eigenvalue weighted by Gasteiger charge is 2.12. The quantitative estimate of drug-likeness (QED) is 0.845. The fraction of sp³-hybridized carbons (Fsp3) is 0.333. The average Bonchev–Trinajstić information content (AvgIpc) is 2.71. The molecule has 2 aromatic rings. The monoisotopic (exact) mass is 247 g/mol. The van der Waals surface area contributed by atoms with Gasteiger partial charge < -0.3 is 10.5 Å². The highest BCUT2D eigenvalue weighted by molar-refractivity contribution is 7.18. The summed E-state index contributed by atoms with van der Waals surface area (Å²) in [4.78, 5) is 10.3. The molecule has 0 spiro atoms. The maximum Gasteiger partial charge on any atom is 0.228 e. The van der Waals surface area contributed by atoms with Crippen molar-refractivity contribution < 1.29 is 4.74 Å². The van der Waals surface area contributed by atoms with Crippen LogP contribution in [0.4, 0.5) is 5.95 Å². The molecule has 0 fully saturated rings. The van der Waals surface area contributed by atoms with Crippen molar-refractivity contribution in [1.29, 1.82) is 0 Å². The van der Waals surface area contributed by atoms with Crippen molar-refractivity contribution in [1.82, 2.24) is 9.97 Å². The number of terminal acetylenes is 1. The van der Waals surface area contributed by atoms with Crippen molar-refractivity contribution in [3.05, 3.63) is 10.9 Å². The van der Waals surface area contributed by atoms with E-state index in [1.165, 1.54) is 4.88 Å². The predicted octanol–water partition coefficient (Wildman–Crippen LogP) is 2.24. The van der Waals surface area contributed by atoms with E-state index in [0.29, 0.717) is 5.88 Å². The summed E-state index contributed by atoms with van der Waals surface area (Å²) in [7, 11) is 0. The van der Waals surface area contributed by atoms with Gasteiger partial charge in [0, 0.05) is 4.88 Å². The van der Waals surface area contributed by atoms with Crippen molar-refractivity contribution in [2.45, 2.75) is 26.4 Å². The van der Waals surface area contributed by atoms with E-state index in [2.05, 4.69) is 22.8 Å². The van der Waals surface area contributed by atoms with Crippen molar-refractivity contribution in [3.8, 4) is 18.2 Å². The Hall–Kier alpha value is -1.80. The standard InChI is InChI=1S/C12H13N3OS/c1-4-7(3)16-10-9-6-8(5-2)17-11(9)15-12(13)14-10/h1,6-7H,5H2,2-3H3,(H2,13,14,15). The first-order valence-electron chi connectivity index (χ1n) is 5.32. The number of nitrogens with two attached hydrogens (primary N) is 1. The summed E-state index contributed by atoms with van der Waals surface area (Å²) in [5.74, 6) is 3.17. The Bertz CT molecular complexity index is 585. The number of hydrogen-bond acceptors (Lipinski definition) is 5. The first-order chi connectivity index (χ1) is 8.13. The van der Waals surface area contributed by atoms with Gasteiger partial charge in [0.2, 0.25) is 11.8 Å². The fourth-order valence-electron chi connectivity index (χ4n) is 1.43. The van der Waals surface area contributed by atoms with Crippen molar-refractivity contribution in [2.24, 2.45) is 0 Å². The molecule has 0 saturated heterocycles. The molecule has 0 aliphatic rings. The molecule has 0 radical (unpaired) electrons. The van der Waals surface area contributed by atoms with Crippen LogP contribution in [0.2, 0.25) is 0 Å². The van der Waals surface area contributed by atoms with Crippen LogP contribution in [0.3, 0.4) is 0 Å². The van der Waals surface area contributed by atoms with Gasteiger partial charge in [0.15, 0.2) is 6.10 Å². The molecular formula is C12H13N3OS. The summed E-state index contributed by atoms with van der Waals surface area (Å²) < 4.78 is 5.55. The number of rotatable bonds is 3. The Morgan fingerprint density at radius 1 is 1.59 bits per heavy atom. The van der Waals surface area contributed by atoms with E-state index < -0.39 is 0 Å². The number of nitrogens with zero attached hydrogens (tertiary/aromatic N) is 2. The minimum Gasteiger partial charge on any atom is -0.461 e. The largest absolute Gasteiger partial charge is 0.461 e. The molecular weight excluding hydrogens is 234 g/mol. The van der Waals surface area contributed by atoms with Gasteiger partial charge in [-0.3, -0.25) is 0 Å². The van der Waals surface area contributed by atoms with Gasteiger partial charge in [0.05, 0.1) is 5.39 Å². The Morgan fingerprint density at radius 3 is 3.00 bits per heavy atom. The molecule has 1 unspecified atom stereocenters. The lowest BCUT2D eigenvalue weighted by atomic mass is 10.3. The number of hydrogen-bond donors (Lipinski definition) is 1. The Labute approximate surface area is 104 Å². The molecule has 88 valence electrons. The van der Waals surface area contributed by atoms with Crippen LogP contribution in [-0.2, 0) is 6.42 Å². The topological polar surface area (TPSA) is 61.0 Å². The maximum absolute atomic E-state index is 5.65. The third kappa shape index (κ3) is 2.32. The zero-order chi connectivity index (χ0) is 12.4. The second-order valence-corrected chi connectivity index (χ2v) is 4.71. The van der Waals surface area contributed by atoms with E-state index in [1.807, 2.05) is 6.07 Å². The average molecular weight is 247 g/mol. The lowest BCUT2D eigenvalue weighted by Gasteiger charge is -2.08. The molecule has 2 rings (SSSR count). The number of thiophene rings is 1. The molecule has 0 aliphatic carbocycles. The van der Waals surface area contributed by atoms with Crippen LogP contribution >= 0.6 is 11.3 Å². The van der Waals surface area contributed by atoms with E-state index in [1.54, 1.807) is 18.3 Å². The molecule has 5 heteroatoms. The summed E-state index contributed by atoms with van der Waals surface area (Å²) in [5.41, 5.74) is 5.65. The van der Waals surface area contributed by atoms with Crippen molar-refractivity contribution in [3.63, 3.8) is 0 Å². The van der Waals surface area contributed by atoms with Crippen molar-refractivity contribution >= 4 is 27.5 Å². The lowest BCUT2D eigenvalue weighted by Crippen LogP contribution is -2.10. The van der Waals surface area contributed by atoms with Crippen LogP contribution in [0.5, 0.6) is 5.88 Å². The number of anilines is 1. The molecule has 2 N–H and O–H groups in total.